The van der Waals surface area contributed by atoms with Gasteiger partial charge in [-0.1, -0.05) is 12.1 Å². The maximum atomic E-state index is 12.0. The van der Waals surface area contributed by atoms with Crippen LogP contribution in [-0.2, 0) is 11.2 Å². The van der Waals surface area contributed by atoms with Crippen LogP contribution in [0, 0.1) is 0 Å². The third-order valence-electron chi connectivity index (χ3n) is 3.39. The van der Waals surface area contributed by atoms with E-state index in [4.69, 9.17) is 9.47 Å². The molecule has 1 aromatic heterocycles. The Morgan fingerprint density at radius 3 is 2.74 bits per heavy atom. The predicted molar refractivity (Wildman–Crippen MR) is 91.1 cm³/mol. The van der Waals surface area contributed by atoms with Crippen molar-refractivity contribution in [2.24, 2.45) is 4.99 Å². The summed E-state index contributed by atoms with van der Waals surface area (Å²) in [6, 6.07) is 9.55. The maximum absolute atomic E-state index is 12.0. The first-order valence-electron chi connectivity index (χ1n) is 7.04. The van der Waals surface area contributed by atoms with Crippen molar-refractivity contribution >= 4 is 29.2 Å². The molecule has 23 heavy (non-hydrogen) atoms. The smallest absolute Gasteiger partial charge is 0.275 e. The van der Waals surface area contributed by atoms with Gasteiger partial charge < -0.3 is 14.8 Å². The summed E-state index contributed by atoms with van der Waals surface area (Å²) >= 11 is 1.57. The van der Waals surface area contributed by atoms with Gasteiger partial charge >= 0.3 is 0 Å². The van der Waals surface area contributed by atoms with Crippen LogP contribution in [0.1, 0.15) is 10.4 Å². The largest absolute Gasteiger partial charge is 0.493 e. The number of amides is 1. The van der Waals surface area contributed by atoms with E-state index in [1.807, 2.05) is 35.7 Å². The Morgan fingerprint density at radius 2 is 2.04 bits per heavy atom. The fourth-order valence-corrected chi connectivity index (χ4v) is 2.94. The molecule has 1 aromatic carbocycles. The quantitative estimate of drug-likeness (QED) is 0.859. The van der Waals surface area contributed by atoms with E-state index in [9.17, 15) is 4.79 Å². The van der Waals surface area contributed by atoms with Gasteiger partial charge in [-0.3, -0.25) is 4.79 Å². The van der Waals surface area contributed by atoms with Crippen LogP contribution < -0.4 is 14.8 Å². The molecule has 0 unspecified atom stereocenters. The van der Waals surface area contributed by atoms with Crippen LogP contribution in [0.4, 0.5) is 0 Å². The van der Waals surface area contributed by atoms with Gasteiger partial charge in [-0.25, -0.2) is 4.99 Å². The molecule has 3 rings (SSSR count). The zero-order valence-electron chi connectivity index (χ0n) is 12.8. The molecule has 0 spiro atoms. The molecule has 1 aliphatic heterocycles. The highest BCUT2D eigenvalue weighted by Crippen LogP contribution is 2.28. The number of methoxy groups -OCH3 is 2. The number of aliphatic imine (C=N–C) groups is 1. The van der Waals surface area contributed by atoms with Crippen LogP contribution >= 0.6 is 11.3 Å². The summed E-state index contributed by atoms with van der Waals surface area (Å²) in [5.41, 5.74) is 1.42. The van der Waals surface area contributed by atoms with Crippen molar-refractivity contribution in [1.82, 2.24) is 5.32 Å². The molecule has 2 aromatic rings. The first-order valence-corrected chi connectivity index (χ1v) is 7.92. The SMILES string of the molecule is COc1ccc(CC2=N/C(=C/c3cccs3)C(=O)N2)cc1OC. The molecule has 1 amide bonds. The summed E-state index contributed by atoms with van der Waals surface area (Å²) in [6.07, 6.45) is 2.31. The molecule has 118 valence electrons. The fraction of sp³-hybridized carbons (Fsp3) is 0.176. The van der Waals surface area contributed by atoms with Crippen molar-refractivity contribution in [2.45, 2.75) is 6.42 Å². The fourth-order valence-electron chi connectivity index (χ4n) is 2.29. The monoisotopic (exact) mass is 328 g/mol. The van der Waals surface area contributed by atoms with Crippen LogP contribution in [0.5, 0.6) is 11.5 Å². The van der Waals surface area contributed by atoms with Crippen molar-refractivity contribution in [2.75, 3.05) is 14.2 Å². The molecular weight excluding hydrogens is 312 g/mol. The number of hydrogen-bond donors (Lipinski definition) is 1. The second-order valence-electron chi connectivity index (χ2n) is 4.92. The second-order valence-corrected chi connectivity index (χ2v) is 5.90. The molecule has 0 saturated heterocycles. The molecule has 0 bridgehead atoms. The van der Waals surface area contributed by atoms with Crippen molar-refractivity contribution < 1.29 is 14.3 Å². The zero-order valence-corrected chi connectivity index (χ0v) is 13.6. The van der Waals surface area contributed by atoms with E-state index in [-0.39, 0.29) is 5.91 Å². The van der Waals surface area contributed by atoms with Gasteiger partial charge in [0.05, 0.1) is 14.2 Å². The average molecular weight is 328 g/mol. The molecule has 0 saturated carbocycles. The minimum atomic E-state index is -0.172. The lowest BCUT2D eigenvalue weighted by Gasteiger charge is -2.09. The van der Waals surface area contributed by atoms with Crippen LogP contribution in [0.25, 0.3) is 6.08 Å². The third-order valence-corrected chi connectivity index (χ3v) is 4.21. The Kier molecular flexibility index (Phi) is 4.43. The van der Waals surface area contributed by atoms with E-state index >= 15 is 0 Å². The Labute approximate surface area is 138 Å². The lowest BCUT2D eigenvalue weighted by atomic mass is 10.1. The number of rotatable bonds is 5. The van der Waals surface area contributed by atoms with E-state index in [0.29, 0.717) is 29.5 Å². The molecule has 0 radical (unpaired) electrons. The van der Waals surface area contributed by atoms with Gasteiger partial charge in [0.15, 0.2) is 11.5 Å². The van der Waals surface area contributed by atoms with Gasteiger partial charge in [0.1, 0.15) is 11.5 Å². The molecule has 5 nitrogen and oxygen atoms in total. The zero-order chi connectivity index (χ0) is 16.2. The highest BCUT2D eigenvalue weighted by molar-refractivity contribution is 7.10. The first-order chi connectivity index (χ1) is 11.2. The molecule has 0 fully saturated rings. The third kappa shape index (κ3) is 3.43. The van der Waals surface area contributed by atoms with Crippen molar-refractivity contribution in [3.8, 4) is 11.5 Å². The van der Waals surface area contributed by atoms with Crippen LogP contribution in [0.15, 0.2) is 46.4 Å². The number of amidine groups is 1. The first kappa shape index (κ1) is 15.3. The van der Waals surface area contributed by atoms with Crippen molar-refractivity contribution in [3.05, 3.63) is 51.8 Å². The number of thiophene rings is 1. The highest BCUT2D eigenvalue weighted by Gasteiger charge is 2.20. The second kappa shape index (κ2) is 6.66. The van der Waals surface area contributed by atoms with Crippen molar-refractivity contribution in [1.29, 1.82) is 0 Å². The Bertz CT molecular complexity index is 779. The molecule has 6 heteroatoms. The van der Waals surface area contributed by atoms with E-state index in [1.165, 1.54) is 0 Å². The summed E-state index contributed by atoms with van der Waals surface area (Å²) in [5, 5.41) is 4.77. The summed E-state index contributed by atoms with van der Waals surface area (Å²) in [4.78, 5) is 17.4. The Morgan fingerprint density at radius 1 is 1.22 bits per heavy atom. The number of nitrogens with zero attached hydrogens (tertiary/aromatic N) is 1. The minimum Gasteiger partial charge on any atom is -0.493 e. The highest BCUT2D eigenvalue weighted by atomic mass is 32.1. The van der Waals surface area contributed by atoms with Crippen LogP contribution in [0.3, 0.4) is 0 Å². The van der Waals surface area contributed by atoms with Gasteiger partial charge in [-0.2, -0.15) is 0 Å². The molecule has 0 aliphatic carbocycles. The van der Waals surface area contributed by atoms with E-state index in [1.54, 1.807) is 31.6 Å². The molecular formula is C17H16N2O3S. The standard InChI is InChI=1S/C17H16N2O3S/c1-21-14-6-5-11(8-15(14)22-2)9-16-18-13(17(20)19-16)10-12-4-3-7-23-12/h3-8,10H,9H2,1-2H3,(H,18,19,20)/b13-10+. The van der Waals surface area contributed by atoms with Gasteiger partial charge in [0.25, 0.3) is 5.91 Å². The Hall–Kier alpha value is -2.60. The minimum absolute atomic E-state index is 0.172. The average Bonchev–Trinajstić information content (AvgIpc) is 3.18. The van der Waals surface area contributed by atoms with E-state index in [2.05, 4.69) is 10.3 Å². The number of carbonyl (C=O) groups excluding carboxylic acids is 1. The summed E-state index contributed by atoms with van der Waals surface area (Å²) in [5.74, 6) is 1.79. The van der Waals surface area contributed by atoms with E-state index < -0.39 is 0 Å². The topological polar surface area (TPSA) is 59.9 Å². The molecule has 1 aliphatic rings. The lowest BCUT2D eigenvalue weighted by molar-refractivity contribution is -0.115. The van der Waals surface area contributed by atoms with Gasteiger partial charge in [-0.15, -0.1) is 11.3 Å². The Balaban J connectivity index is 1.79. The maximum Gasteiger partial charge on any atom is 0.275 e. The number of hydrogen-bond acceptors (Lipinski definition) is 5. The molecule has 0 atom stereocenters. The van der Waals surface area contributed by atoms with Crippen LogP contribution in [-0.4, -0.2) is 26.0 Å². The predicted octanol–water partition coefficient (Wildman–Crippen LogP) is 2.88. The lowest BCUT2D eigenvalue weighted by Crippen LogP contribution is -2.25. The summed E-state index contributed by atoms with van der Waals surface area (Å²) in [6.45, 7) is 0. The number of carbonyl (C=O) groups is 1. The summed E-state index contributed by atoms with van der Waals surface area (Å²) < 4.78 is 10.5. The van der Waals surface area contributed by atoms with Crippen molar-refractivity contribution in [3.63, 3.8) is 0 Å². The van der Waals surface area contributed by atoms with Gasteiger partial charge in [0, 0.05) is 11.3 Å². The van der Waals surface area contributed by atoms with Gasteiger partial charge in [0.2, 0.25) is 0 Å². The van der Waals surface area contributed by atoms with E-state index in [0.717, 1.165) is 10.4 Å². The molecule has 2 heterocycles. The van der Waals surface area contributed by atoms with Gasteiger partial charge in [-0.05, 0) is 35.2 Å². The van der Waals surface area contributed by atoms with Crippen LogP contribution in [0.2, 0.25) is 0 Å². The summed E-state index contributed by atoms with van der Waals surface area (Å²) in [7, 11) is 3.19. The molecule has 1 N–H and O–H groups in total. The number of benzene rings is 1. The number of ether oxygens (including phenoxy) is 2. The number of nitrogens with one attached hydrogen (secondary N) is 1. The normalized spacial score (nSPS) is 15.5.